The molecule has 5 heteroatoms. The molecule has 0 radical (unpaired) electrons. The van der Waals surface area contributed by atoms with Gasteiger partial charge in [0.1, 0.15) is 0 Å². The van der Waals surface area contributed by atoms with E-state index in [4.69, 9.17) is 9.47 Å². The number of nitrogens with zero attached hydrogens (tertiary/aromatic N) is 2. The quantitative estimate of drug-likeness (QED) is 0.638. The summed E-state index contributed by atoms with van der Waals surface area (Å²) in [6.07, 6.45) is 7.65. The highest BCUT2D eigenvalue weighted by Gasteiger charge is 2.39. The van der Waals surface area contributed by atoms with Crippen LogP contribution >= 0.6 is 0 Å². The molecular weight excluding hydrogens is 338 g/mol. The zero-order valence-corrected chi connectivity index (χ0v) is 16.5. The highest BCUT2D eigenvalue weighted by Crippen LogP contribution is 2.40. The molecule has 3 fully saturated rings. The Morgan fingerprint density at radius 2 is 2.00 bits per heavy atom. The summed E-state index contributed by atoms with van der Waals surface area (Å²) in [6.45, 7) is 3.69. The van der Waals surface area contributed by atoms with Gasteiger partial charge in [-0.25, -0.2) is 0 Å². The van der Waals surface area contributed by atoms with Gasteiger partial charge in [0.15, 0.2) is 5.96 Å². The molecular formula is C22H33N3O2. The molecule has 3 aliphatic rings. The Morgan fingerprint density at radius 1 is 1.19 bits per heavy atom. The number of likely N-dealkylation sites (tertiary alicyclic amines) is 1. The number of guanidine groups is 1. The summed E-state index contributed by atoms with van der Waals surface area (Å²) >= 11 is 0. The minimum Gasteiger partial charge on any atom is -0.376 e. The van der Waals surface area contributed by atoms with E-state index in [1.54, 1.807) is 0 Å². The summed E-state index contributed by atoms with van der Waals surface area (Å²) in [5.41, 5.74) is 1.43. The molecule has 2 aliphatic heterocycles. The largest absolute Gasteiger partial charge is 0.376 e. The van der Waals surface area contributed by atoms with E-state index in [9.17, 15) is 0 Å². The molecule has 0 amide bonds. The van der Waals surface area contributed by atoms with E-state index < -0.39 is 0 Å². The summed E-state index contributed by atoms with van der Waals surface area (Å²) in [6, 6.07) is 11.3. The van der Waals surface area contributed by atoms with Crippen LogP contribution in [-0.2, 0) is 9.47 Å². The zero-order chi connectivity index (χ0) is 18.5. The molecule has 2 saturated heterocycles. The standard InChI is InChI=1S/C22H33N3O2/c1-23-22(24-21-15-20(21)17-7-3-2-4-8-17)25-12-10-18(11-13-25)27-16-19-9-5-6-14-26-19/h2-4,7-8,18-21H,5-6,9-16H2,1H3,(H,23,24). The zero-order valence-electron chi connectivity index (χ0n) is 16.5. The van der Waals surface area contributed by atoms with Gasteiger partial charge in [0, 0.05) is 38.7 Å². The van der Waals surface area contributed by atoms with E-state index in [2.05, 4.69) is 45.5 Å². The molecule has 27 heavy (non-hydrogen) atoms. The van der Waals surface area contributed by atoms with Crippen LogP contribution in [-0.4, -0.2) is 62.5 Å². The molecule has 1 aromatic carbocycles. The third-order valence-corrected chi connectivity index (χ3v) is 6.08. The third kappa shape index (κ3) is 5.02. The summed E-state index contributed by atoms with van der Waals surface area (Å²) in [5, 5.41) is 3.67. The summed E-state index contributed by atoms with van der Waals surface area (Å²) in [4.78, 5) is 6.92. The number of hydrogen-bond donors (Lipinski definition) is 1. The van der Waals surface area contributed by atoms with Crippen molar-refractivity contribution < 1.29 is 9.47 Å². The Bertz CT molecular complexity index is 607. The smallest absolute Gasteiger partial charge is 0.193 e. The van der Waals surface area contributed by atoms with Crippen molar-refractivity contribution >= 4 is 5.96 Å². The number of benzene rings is 1. The van der Waals surface area contributed by atoms with Gasteiger partial charge in [-0.1, -0.05) is 30.3 Å². The van der Waals surface area contributed by atoms with Crippen molar-refractivity contribution in [2.24, 2.45) is 4.99 Å². The van der Waals surface area contributed by atoms with E-state index in [-0.39, 0.29) is 0 Å². The molecule has 3 unspecified atom stereocenters. The number of rotatable bonds is 5. The molecule has 148 valence electrons. The van der Waals surface area contributed by atoms with Crippen LogP contribution in [0.5, 0.6) is 0 Å². The summed E-state index contributed by atoms with van der Waals surface area (Å²) < 4.78 is 11.9. The van der Waals surface area contributed by atoms with Crippen molar-refractivity contribution in [2.75, 3.05) is 33.4 Å². The lowest BCUT2D eigenvalue weighted by atomic mass is 10.1. The van der Waals surface area contributed by atoms with Gasteiger partial charge in [-0.3, -0.25) is 4.99 Å². The maximum absolute atomic E-state index is 6.14. The van der Waals surface area contributed by atoms with E-state index in [1.165, 1.54) is 24.8 Å². The van der Waals surface area contributed by atoms with Gasteiger partial charge in [-0.2, -0.15) is 0 Å². The van der Waals surface area contributed by atoms with Gasteiger partial charge < -0.3 is 19.7 Å². The predicted octanol–water partition coefficient (Wildman–Crippen LogP) is 3.17. The van der Waals surface area contributed by atoms with Crippen LogP contribution in [0.1, 0.15) is 50.0 Å². The second-order valence-electron chi connectivity index (χ2n) is 8.06. The maximum atomic E-state index is 6.14. The first-order chi connectivity index (χ1) is 13.3. The summed E-state index contributed by atoms with van der Waals surface area (Å²) in [7, 11) is 1.89. The van der Waals surface area contributed by atoms with Crippen molar-refractivity contribution in [3.63, 3.8) is 0 Å². The Hall–Kier alpha value is -1.59. The number of nitrogens with one attached hydrogen (secondary N) is 1. The Morgan fingerprint density at radius 3 is 2.70 bits per heavy atom. The molecule has 1 saturated carbocycles. The van der Waals surface area contributed by atoms with Crippen LogP contribution in [0.4, 0.5) is 0 Å². The SMILES string of the molecule is CN=C(NC1CC1c1ccccc1)N1CCC(OCC2CCCCO2)CC1. The monoisotopic (exact) mass is 371 g/mol. The fraction of sp³-hybridized carbons (Fsp3) is 0.682. The molecule has 2 heterocycles. The molecule has 1 aromatic rings. The Balaban J connectivity index is 1.19. The Kier molecular flexibility index (Phi) is 6.30. The van der Waals surface area contributed by atoms with Crippen molar-refractivity contribution in [1.29, 1.82) is 0 Å². The highest BCUT2D eigenvalue weighted by atomic mass is 16.5. The maximum Gasteiger partial charge on any atom is 0.193 e. The molecule has 0 aromatic heterocycles. The minimum absolute atomic E-state index is 0.316. The first kappa shape index (κ1) is 18.8. The molecule has 4 rings (SSSR count). The van der Waals surface area contributed by atoms with Gasteiger partial charge in [-0.05, 0) is 44.1 Å². The normalized spacial score (nSPS) is 29.6. The number of aliphatic imine (C=N–C) groups is 1. The molecule has 5 nitrogen and oxygen atoms in total. The first-order valence-corrected chi connectivity index (χ1v) is 10.6. The van der Waals surface area contributed by atoms with Crippen LogP contribution in [0.25, 0.3) is 0 Å². The molecule has 0 bridgehead atoms. The van der Waals surface area contributed by atoms with Crippen LogP contribution in [0, 0.1) is 0 Å². The Labute approximate surface area is 163 Å². The van der Waals surface area contributed by atoms with E-state index in [0.717, 1.165) is 51.5 Å². The fourth-order valence-corrected chi connectivity index (χ4v) is 4.30. The second-order valence-corrected chi connectivity index (χ2v) is 8.06. The van der Waals surface area contributed by atoms with Gasteiger partial charge in [0.25, 0.3) is 0 Å². The van der Waals surface area contributed by atoms with Crippen LogP contribution < -0.4 is 5.32 Å². The van der Waals surface area contributed by atoms with Gasteiger partial charge in [0.05, 0.1) is 18.8 Å². The number of ether oxygens (including phenoxy) is 2. The fourth-order valence-electron chi connectivity index (χ4n) is 4.30. The molecule has 0 spiro atoms. The molecule has 3 atom stereocenters. The van der Waals surface area contributed by atoms with Gasteiger partial charge >= 0.3 is 0 Å². The van der Waals surface area contributed by atoms with E-state index in [0.29, 0.717) is 24.2 Å². The van der Waals surface area contributed by atoms with Crippen molar-refractivity contribution in [3.05, 3.63) is 35.9 Å². The van der Waals surface area contributed by atoms with E-state index in [1.807, 2.05) is 7.05 Å². The minimum atomic E-state index is 0.316. The lowest BCUT2D eigenvalue weighted by Crippen LogP contribution is -2.48. The first-order valence-electron chi connectivity index (χ1n) is 10.6. The van der Waals surface area contributed by atoms with Crippen LogP contribution in [0.2, 0.25) is 0 Å². The summed E-state index contributed by atoms with van der Waals surface area (Å²) in [5.74, 6) is 1.67. The average Bonchev–Trinajstić information content (AvgIpc) is 3.52. The average molecular weight is 372 g/mol. The number of hydrogen-bond acceptors (Lipinski definition) is 3. The lowest BCUT2D eigenvalue weighted by Gasteiger charge is -2.35. The topological polar surface area (TPSA) is 46.1 Å². The van der Waals surface area contributed by atoms with Crippen LogP contribution in [0.15, 0.2) is 35.3 Å². The third-order valence-electron chi connectivity index (χ3n) is 6.08. The second kappa shape index (κ2) is 9.07. The molecule has 1 N–H and O–H groups in total. The number of piperidine rings is 1. The molecule has 1 aliphatic carbocycles. The highest BCUT2D eigenvalue weighted by molar-refractivity contribution is 5.80. The van der Waals surface area contributed by atoms with E-state index >= 15 is 0 Å². The van der Waals surface area contributed by atoms with Crippen molar-refractivity contribution in [3.8, 4) is 0 Å². The van der Waals surface area contributed by atoms with Crippen molar-refractivity contribution in [1.82, 2.24) is 10.2 Å². The van der Waals surface area contributed by atoms with Gasteiger partial charge in [0.2, 0.25) is 0 Å². The van der Waals surface area contributed by atoms with Crippen LogP contribution in [0.3, 0.4) is 0 Å². The predicted molar refractivity (Wildman–Crippen MR) is 108 cm³/mol. The lowest BCUT2D eigenvalue weighted by molar-refractivity contribution is -0.0721. The van der Waals surface area contributed by atoms with Crippen molar-refractivity contribution in [2.45, 2.75) is 62.7 Å². The van der Waals surface area contributed by atoms with Gasteiger partial charge in [-0.15, -0.1) is 0 Å².